The largest absolute Gasteiger partial charge is 0.378 e. The summed E-state index contributed by atoms with van der Waals surface area (Å²) >= 11 is 0. The maximum absolute atomic E-state index is 11.2. The van der Waals surface area contributed by atoms with E-state index in [2.05, 4.69) is 75.4 Å². The molecule has 1 aromatic heterocycles. The third-order valence-electron chi connectivity index (χ3n) is 5.93. The van der Waals surface area contributed by atoms with Crippen LogP contribution >= 0.6 is 0 Å². The van der Waals surface area contributed by atoms with Crippen LogP contribution in [0, 0.1) is 0 Å². The smallest absolute Gasteiger partial charge is 0.138 e. The van der Waals surface area contributed by atoms with Crippen LogP contribution in [0.25, 0.3) is 40.0 Å². The summed E-state index contributed by atoms with van der Waals surface area (Å²) in [6.07, 6.45) is 4.32. The number of aromatic nitrogens is 2. The van der Waals surface area contributed by atoms with Crippen molar-refractivity contribution in [3.63, 3.8) is 0 Å². The summed E-state index contributed by atoms with van der Waals surface area (Å²) in [5.41, 5.74) is 8.44. The first-order chi connectivity index (χ1) is 16.8. The van der Waals surface area contributed by atoms with Crippen molar-refractivity contribution in [3.8, 4) is 33.9 Å². The predicted octanol–water partition coefficient (Wildman–Crippen LogP) is 6.54. The van der Waals surface area contributed by atoms with E-state index in [-0.39, 0.29) is 5.78 Å². The van der Waals surface area contributed by atoms with Gasteiger partial charge in [0.15, 0.2) is 0 Å². The van der Waals surface area contributed by atoms with Crippen LogP contribution in [-0.4, -0.2) is 43.9 Å². The van der Waals surface area contributed by atoms with Gasteiger partial charge in [0.05, 0.1) is 11.4 Å². The minimum Gasteiger partial charge on any atom is -0.378 e. The summed E-state index contributed by atoms with van der Waals surface area (Å²) in [6.45, 7) is 1.60. The Bertz CT molecular complexity index is 1240. The van der Waals surface area contributed by atoms with E-state index in [0.29, 0.717) is 6.42 Å². The Morgan fingerprint density at radius 1 is 0.771 bits per heavy atom. The van der Waals surface area contributed by atoms with Gasteiger partial charge in [0.2, 0.25) is 0 Å². The second kappa shape index (κ2) is 10.4. The number of imidazole rings is 1. The summed E-state index contributed by atoms with van der Waals surface area (Å²) in [5, 5.41) is 0. The van der Waals surface area contributed by atoms with Gasteiger partial charge in [-0.15, -0.1) is 0 Å². The average molecular weight is 465 g/mol. The monoisotopic (exact) mass is 464 g/mol. The number of hydrogen-bond donors (Lipinski definition) is 1. The van der Waals surface area contributed by atoms with E-state index in [1.54, 1.807) is 6.92 Å². The molecular formula is C30H32N4O. The van der Waals surface area contributed by atoms with Gasteiger partial charge >= 0.3 is 0 Å². The lowest BCUT2D eigenvalue weighted by atomic mass is 10.0. The molecule has 4 rings (SSSR count). The molecule has 0 bridgehead atoms. The van der Waals surface area contributed by atoms with Crippen molar-refractivity contribution >= 4 is 23.2 Å². The van der Waals surface area contributed by atoms with E-state index >= 15 is 0 Å². The number of anilines is 2. The van der Waals surface area contributed by atoms with Crippen LogP contribution in [-0.2, 0) is 4.79 Å². The molecule has 0 saturated carbocycles. The van der Waals surface area contributed by atoms with Gasteiger partial charge in [0.1, 0.15) is 11.6 Å². The van der Waals surface area contributed by atoms with E-state index in [9.17, 15) is 4.79 Å². The highest BCUT2D eigenvalue weighted by molar-refractivity contribution is 5.82. The van der Waals surface area contributed by atoms with Crippen molar-refractivity contribution in [2.45, 2.75) is 13.3 Å². The molecule has 178 valence electrons. The van der Waals surface area contributed by atoms with Crippen molar-refractivity contribution in [1.82, 2.24) is 9.97 Å². The molecule has 0 aliphatic carbocycles. The highest BCUT2D eigenvalue weighted by Gasteiger charge is 2.16. The third kappa shape index (κ3) is 5.69. The van der Waals surface area contributed by atoms with Crippen molar-refractivity contribution in [2.75, 3.05) is 38.0 Å². The molecule has 0 unspecified atom stereocenters. The minimum absolute atomic E-state index is 0.158. The molecule has 1 N–H and O–H groups in total. The van der Waals surface area contributed by atoms with E-state index in [1.165, 1.54) is 0 Å². The number of H-pyrrole nitrogens is 1. The van der Waals surface area contributed by atoms with Crippen molar-refractivity contribution in [2.24, 2.45) is 0 Å². The normalized spacial score (nSPS) is 11.1. The maximum atomic E-state index is 11.2. The van der Waals surface area contributed by atoms with E-state index in [1.807, 2.05) is 52.5 Å². The topological polar surface area (TPSA) is 52.2 Å². The molecule has 0 saturated heterocycles. The number of benzene rings is 3. The van der Waals surface area contributed by atoms with Crippen LogP contribution in [0.15, 0.2) is 78.9 Å². The molecule has 5 nitrogen and oxygen atoms in total. The molecule has 4 aromatic rings. The molecule has 0 fully saturated rings. The fourth-order valence-electron chi connectivity index (χ4n) is 3.88. The van der Waals surface area contributed by atoms with Crippen LogP contribution in [0.1, 0.15) is 18.9 Å². The van der Waals surface area contributed by atoms with Gasteiger partial charge in [-0.25, -0.2) is 4.98 Å². The zero-order valence-electron chi connectivity index (χ0n) is 21.0. The molecule has 0 aliphatic rings. The molecule has 0 spiro atoms. The van der Waals surface area contributed by atoms with Gasteiger partial charge in [-0.05, 0) is 36.8 Å². The molecule has 3 aromatic carbocycles. The Kier molecular flexibility index (Phi) is 7.16. The van der Waals surface area contributed by atoms with Crippen LogP contribution < -0.4 is 9.80 Å². The molecule has 0 amide bonds. The summed E-state index contributed by atoms with van der Waals surface area (Å²) in [6, 6.07) is 25.2. The molecule has 35 heavy (non-hydrogen) atoms. The quantitative estimate of drug-likeness (QED) is 0.322. The highest BCUT2D eigenvalue weighted by Crippen LogP contribution is 2.34. The van der Waals surface area contributed by atoms with Gasteiger partial charge in [0, 0.05) is 62.7 Å². The first kappa shape index (κ1) is 24.0. The standard InChI is InChI=1S/C30H32N4O/c1-21(35)7-6-8-22-9-11-25(12-10-22)30-31-28(23-13-17-26(18-14-23)33(2)3)29(32-30)24-15-19-27(20-16-24)34(4)5/h6,8-20H,7H2,1-5H3,(H,31,32)/b8-6+. The number of Topliss-reactive ketones (excluding diaryl/α,β-unsaturated/α-hetero) is 1. The number of ketones is 1. The lowest BCUT2D eigenvalue weighted by Gasteiger charge is -2.13. The summed E-state index contributed by atoms with van der Waals surface area (Å²) in [5.74, 6) is 0.980. The van der Waals surface area contributed by atoms with Crippen LogP contribution in [0.4, 0.5) is 11.4 Å². The summed E-state index contributed by atoms with van der Waals surface area (Å²) in [4.78, 5) is 24.0. The van der Waals surface area contributed by atoms with Gasteiger partial charge < -0.3 is 14.8 Å². The number of aromatic amines is 1. The minimum atomic E-state index is 0.158. The second-order valence-electron chi connectivity index (χ2n) is 9.12. The molecule has 0 radical (unpaired) electrons. The van der Waals surface area contributed by atoms with Gasteiger partial charge in [-0.3, -0.25) is 4.79 Å². The number of nitrogens with zero attached hydrogens (tertiary/aromatic N) is 3. The molecule has 5 heteroatoms. The molecule has 0 atom stereocenters. The second-order valence-corrected chi connectivity index (χ2v) is 9.12. The first-order valence-electron chi connectivity index (χ1n) is 11.7. The molecule has 1 heterocycles. The fourth-order valence-corrected chi connectivity index (χ4v) is 3.88. The first-order valence-corrected chi connectivity index (χ1v) is 11.7. The Morgan fingerprint density at radius 3 is 1.80 bits per heavy atom. The van der Waals surface area contributed by atoms with Crippen LogP contribution in [0.3, 0.4) is 0 Å². The van der Waals surface area contributed by atoms with E-state index in [0.717, 1.165) is 50.8 Å². The average Bonchev–Trinajstić information content (AvgIpc) is 3.30. The number of allylic oxidation sites excluding steroid dienone is 1. The zero-order chi connectivity index (χ0) is 24.9. The lowest BCUT2D eigenvalue weighted by molar-refractivity contribution is -0.116. The Hall–Kier alpha value is -4.12. The van der Waals surface area contributed by atoms with Gasteiger partial charge in [-0.2, -0.15) is 0 Å². The molecule has 0 aliphatic heterocycles. The van der Waals surface area contributed by atoms with E-state index in [4.69, 9.17) is 4.98 Å². The van der Waals surface area contributed by atoms with Crippen molar-refractivity contribution < 1.29 is 4.79 Å². The SMILES string of the molecule is CC(=O)C/C=C/c1ccc(-c2nc(-c3ccc(N(C)C)cc3)c(-c3ccc(N(C)C)cc3)[nH]2)cc1. The van der Waals surface area contributed by atoms with Crippen LogP contribution in [0.2, 0.25) is 0 Å². The Labute approximate surface area is 207 Å². The van der Waals surface area contributed by atoms with Gasteiger partial charge in [-0.1, -0.05) is 60.7 Å². The number of hydrogen-bond acceptors (Lipinski definition) is 4. The number of carbonyl (C=O) groups excluding carboxylic acids is 1. The number of rotatable bonds is 8. The summed E-state index contributed by atoms with van der Waals surface area (Å²) < 4.78 is 0. The zero-order valence-corrected chi connectivity index (χ0v) is 21.0. The number of carbonyl (C=O) groups is 1. The lowest BCUT2D eigenvalue weighted by Crippen LogP contribution is -2.08. The molecular weight excluding hydrogens is 432 g/mol. The van der Waals surface area contributed by atoms with Crippen molar-refractivity contribution in [1.29, 1.82) is 0 Å². The highest BCUT2D eigenvalue weighted by atomic mass is 16.1. The van der Waals surface area contributed by atoms with Gasteiger partial charge in [0.25, 0.3) is 0 Å². The fraction of sp³-hybridized carbons (Fsp3) is 0.200. The predicted molar refractivity (Wildman–Crippen MR) is 148 cm³/mol. The Balaban J connectivity index is 1.73. The maximum Gasteiger partial charge on any atom is 0.138 e. The summed E-state index contributed by atoms with van der Waals surface area (Å²) in [7, 11) is 8.16. The van der Waals surface area contributed by atoms with E-state index < -0.39 is 0 Å². The van der Waals surface area contributed by atoms with Crippen LogP contribution in [0.5, 0.6) is 0 Å². The third-order valence-corrected chi connectivity index (χ3v) is 5.93. The number of nitrogens with one attached hydrogen (secondary N) is 1. The van der Waals surface area contributed by atoms with Crippen molar-refractivity contribution in [3.05, 3.63) is 84.4 Å². The Morgan fingerprint density at radius 2 is 1.29 bits per heavy atom.